The van der Waals surface area contributed by atoms with E-state index in [1.807, 2.05) is 11.8 Å². The first kappa shape index (κ1) is 18.2. The van der Waals surface area contributed by atoms with Crippen LogP contribution in [0.5, 0.6) is 0 Å². The highest BCUT2D eigenvalue weighted by atomic mass is 35.5. The van der Waals surface area contributed by atoms with Crippen LogP contribution in [-0.2, 0) is 0 Å². The molecule has 0 fully saturated rings. The lowest BCUT2D eigenvalue weighted by Gasteiger charge is -2.33. The minimum atomic E-state index is 0. The molecule has 0 saturated heterocycles. The maximum atomic E-state index is 2.50. The monoisotopic (exact) mass is 348 g/mol. The summed E-state index contributed by atoms with van der Waals surface area (Å²) in [5.74, 6) is 0. The SMILES string of the molecule is CCN(CC)CCCN1c2ccccc2Sc2ccccc21.Cl. The summed E-state index contributed by atoms with van der Waals surface area (Å²) in [5.41, 5.74) is 2.71. The van der Waals surface area contributed by atoms with E-state index in [4.69, 9.17) is 0 Å². The summed E-state index contributed by atoms with van der Waals surface area (Å²) in [5, 5.41) is 0. The lowest BCUT2D eigenvalue weighted by atomic mass is 10.2. The van der Waals surface area contributed by atoms with Crippen molar-refractivity contribution in [3.8, 4) is 0 Å². The van der Waals surface area contributed by atoms with Crippen molar-refractivity contribution >= 4 is 35.5 Å². The Morgan fingerprint density at radius 3 is 1.91 bits per heavy atom. The van der Waals surface area contributed by atoms with Gasteiger partial charge < -0.3 is 9.80 Å². The Kier molecular flexibility index (Phi) is 6.82. The summed E-state index contributed by atoms with van der Waals surface area (Å²) in [6, 6.07) is 17.5. The van der Waals surface area contributed by atoms with Crippen LogP contribution in [0.1, 0.15) is 20.3 Å². The molecule has 0 atom stereocenters. The normalized spacial score (nSPS) is 12.6. The van der Waals surface area contributed by atoms with Gasteiger partial charge >= 0.3 is 0 Å². The van der Waals surface area contributed by atoms with E-state index in [1.165, 1.54) is 34.1 Å². The standard InChI is InChI=1S/C19H24N2S.ClH/c1-3-20(4-2)14-9-15-21-16-10-5-7-12-18(16)22-19-13-8-6-11-17(19)21;/h5-8,10-13H,3-4,9,14-15H2,1-2H3;1H. The first-order valence-electron chi connectivity index (χ1n) is 8.19. The lowest BCUT2D eigenvalue weighted by Crippen LogP contribution is -2.28. The van der Waals surface area contributed by atoms with Crippen molar-refractivity contribution in [3.05, 3.63) is 48.5 Å². The van der Waals surface area contributed by atoms with Crippen molar-refractivity contribution in [2.75, 3.05) is 31.1 Å². The molecule has 0 amide bonds. The average Bonchev–Trinajstić information content (AvgIpc) is 2.58. The van der Waals surface area contributed by atoms with E-state index in [0.29, 0.717) is 0 Å². The predicted octanol–water partition coefficient (Wildman–Crippen LogP) is 5.44. The minimum Gasteiger partial charge on any atom is -0.340 e. The Morgan fingerprint density at radius 1 is 0.870 bits per heavy atom. The number of hydrogen-bond donors (Lipinski definition) is 0. The number of nitrogens with zero attached hydrogens (tertiary/aromatic N) is 2. The fourth-order valence-electron chi connectivity index (χ4n) is 3.01. The second-order valence-corrected chi connectivity index (χ2v) is 6.65. The number of rotatable bonds is 6. The summed E-state index contributed by atoms with van der Waals surface area (Å²) in [4.78, 5) is 7.72. The summed E-state index contributed by atoms with van der Waals surface area (Å²) < 4.78 is 0. The Hall–Kier alpha value is -1.16. The lowest BCUT2D eigenvalue weighted by molar-refractivity contribution is 0.301. The van der Waals surface area contributed by atoms with Gasteiger partial charge in [0.1, 0.15) is 0 Å². The van der Waals surface area contributed by atoms with Gasteiger partial charge in [0, 0.05) is 16.3 Å². The first-order chi connectivity index (χ1) is 10.8. The third-order valence-corrected chi connectivity index (χ3v) is 5.41. The summed E-state index contributed by atoms with van der Waals surface area (Å²) in [6.07, 6.45) is 1.19. The Labute approximate surface area is 150 Å². The van der Waals surface area contributed by atoms with Gasteiger partial charge in [0.15, 0.2) is 0 Å². The molecule has 124 valence electrons. The molecule has 2 aromatic rings. The molecule has 0 unspecified atom stereocenters. The van der Waals surface area contributed by atoms with Crippen molar-refractivity contribution in [1.29, 1.82) is 0 Å². The molecule has 4 heteroatoms. The summed E-state index contributed by atoms with van der Waals surface area (Å²) in [6.45, 7) is 9.00. The van der Waals surface area contributed by atoms with Gasteiger partial charge in [-0.25, -0.2) is 0 Å². The third kappa shape index (κ3) is 4.03. The molecular weight excluding hydrogens is 324 g/mol. The molecule has 1 aliphatic rings. The van der Waals surface area contributed by atoms with Crippen molar-refractivity contribution in [2.45, 2.75) is 30.1 Å². The Morgan fingerprint density at radius 2 is 1.39 bits per heavy atom. The van der Waals surface area contributed by atoms with Crippen LogP contribution in [0, 0.1) is 0 Å². The predicted molar refractivity (Wildman–Crippen MR) is 104 cm³/mol. The van der Waals surface area contributed by atoms with Gasteiger partial charge in [-0.2, -0.15) is 0 Å². The molecule has 0 bridgehead atoms. The zero-order valence-corrected chi connectivity index (χ0v) is 15.5. The van der Waals surface area contributed by atoms with E-state index in [2.05, 4.69) is 72.2 Å². The minimum absolute atomic E-state index is 0. The van der Waals surface area contributed by atoms with Crippen molar-refractivity contribution < 1.29 is 0 Å². The van der Waals surface area contributed by atoms with Crippen LogP contribution in [0.4, 0.5) is 11.4 Å². The molecule has 0 N–H and O–H groups in total. The first-order valence-corrected chi connectivity index (χ1v) is 9.01. The molecule has 0 spiro atoms. The van der Waals surface area contributed by atoms with Gasteiger partial charge in [0.25, 0.3) is 0 Å². The van der Waals surface area contributed by atoms with Gasteiger partial charge in [0.2, 0.25) is 0 Å². The number of benzene rings is 2. The van der Waals surface area contributed by atoms with Crippen LogP contribution >= 0.6 is 24.2 Å². The molecule has 2 aromatic carbocycles. The molecular formula is C19H25ClN2S. The van der Waals surface area contributed by atoms with Gasteiger partial charge in [0.05, 0.1) is 11.4 Å². The molecule has 0 aliphatic carbocycles. The van der Waals surface area contributed by atoms with Crippen LogP contribution in [0.25, 0.3) is 0 Å². The van der Waals surface area contributed by atoms with Crippen LogP contribution in [-0.4, -0.2) is 31.1 Å². The van der Waals surface area contributed by atoms with Crippen LogP contribution in [0.2, 0.25) is 0 Å². The highest BCUT2D eigenvalue weighted by Gasteiger charge is 2.22. The van der Waals surface area contributed by atoms with Gasteiger partial charge in [-0.3, -0.25) is 0 Å². The topological polar surface area (TPSA) is 6.48 Å². The molecule has 23 heavy (non-hydrogen) atoms. The number of para-hydroxylation sites is 2. The smallest absolute Gasteiger partial charge is 0.0552 e. The highest BCUT2D eigenvalue weighted by Crippen LogP contribution is 2.47. The van der Waals surface area contributed by atoms with E-state index < -0.39 is 0 Å². The number of anilines is 2. The Bertz CT molecular complexity index is 583. The fourth-order valence-corrected chi connectivity index (χ4v) is 4.11. The van der Waals surface area contributed by atoms with E-state index in [1.54, 1.807) is 0 Å². The largest absolute Gasteiger partial charge is 0.340 e. The number of hydrogen-bond acceptors (Lipinski definition) is 3. The number of halogens is 1. The summed E-state index contributed by atoms with van der Waals surface area (Å²) >= 11 is 1.88. The average molecular weight is 349 g/mol. The van der Waals surface area contributed by atoms with E-state index in [9.17, 15) is 0 Å². The van der Waals surface area contributed by atoms with Gasteiger partial charge in [-0.15, -0.1) is 12.4 Å². The molecule has 1 heterocycles. The maximum absolute atomic E-state index is 2.50. The molecule has 2 nitrogen and oxygen atoms in total. The van der Waals surface area contributed by atoms with Crippen LogP contribution in [0.3, 0.4) is 0 Å². The fraction of sp³-hybridized carbons (Fsp3) is 0.368. The highest BCUT2D eigenvalue weighted by molar-refractivity contribution is 7.99. The van der Waals surface area contributed by atoms with Gasteiger partial charge in [-0.05, 0) is 50.3 Å². The number of fused-ring (bicyclic) bond motifs is 2. The zero-order valence-electron chi connectivity index (χ0n) is 13.9. The van der Waals surface area contributed by atoms with E-state index >= 15 is 0 Å². The molecule has 0 aromatic heterocycles. The van der Waals surface area contributed by atoms with Crippen molar-refractivity contribution in [2.24, 2.45) is 0 Å². The van der Waals surface area contributed by atoms with Crippen molar-refractivity contribution in [3.63, 3.8) is 0 Å². The zero-order chi connectivity index (χ0) is 15.4. The third-order valence-electron chi connectivity index (χ3n) is 4.28. The molecule has 3 rings (SSSR count). The van der Waals surface area contributed by atoms with E-state index in [-0.39, 0.29) is 12.4 Å². The molecule has 1 aliphatic heterocycles. The quantitative estimate of drug-likeness (QED) is 0.686. The van der Waals surface area contributed by atoms with Crippen LogP contribution in [0.15, 0.2) is 58.3 Å². The Balaban J connectivity index is 0.00000192. The summed E-state index contributed by atoms with van der Waals surface area (Å²) in [7, 11) is 0. The van der Waals surface area contributed by atoms with E-state index in [0.717, 1.165) is 19.6 Å². The van der Waals surface area contributed by atoms with Gasteiger partial charge in [-0.1, -0.05) is 49.9 Å². The maximum Gasteiger partial charge on any atom is 0.0552 e. The van der Waals surface area contributed by atoms with Crippen molar-refractivity contribution in [1.82, 2.24) is 4.90 Å². The second kappa shape index (κ2) is 8.62. The van der Waals surface area contributed by atoms with Crippen LogP contribution < -0.4 is 4.90 Å². The molecule has 0 saturated carbocycles. The second-order valence-electron chi connectivity index (χ2n) is 5.57. The molecule has 0 radical (unpaired) electrons.